The highest BCUT2D eigenvalue weighted by atomic mass is 32.1. The van der Waals surface area contributed by atoms with Gasteiger partial charge in [-0.05, 0) is 54.7 Å². The normalized spacial score (nSPS) is 17.0. The minimum absolute atomic E-state index is 0.0159. The summed E-state index contributed by atoms with van der Waals surface area (Å²) >= 11 is 1.33. The van der Waals surface area contributed by atoms with E-state index in [-0.39, 0.29) is 16.7 Å². The number of aromatic nitrogens is 1. The van der Waals surface area contributed by atoms with Crippen molar-refractivity contribution in [2.24, 2.45) is 0 Å². The molecule has 0 saturated carbocycles. The number of thiazole rings is 1. The van der Waals surface area contributed by atoms with E-state index in [1.165, 1.54) is 16.2 Å². The van der Waals surface area contributed by atoms with E-state index in [1.807, 2.05) is 62.4 Å². The number of para-hydroxylation sites is 1. The third-order valence-corrected chi connectivity index (χ3v) is 7.88. The lowest BCUT2D eigenvalue weighted by atomic mass is 9.85. The lowest BCUT2D eigenvalue weighted by Crippen LogP contribution is -2.29. The molecule has 2 heterocycles. The van der Waals surface area contributed by atoms with Gasteiger partial charge in [-0.3, -0.25) is 14.5 Å². The van der Waals surface area contributed by atoms with Crippen LogP contribution in [0.3, 0.4) is 0 Å². The van der Waals surface area contributed by atoms with Gasteiger partial charge in [0.15, 0.2) is 5.13 Å². The van der Waals surface area contributed by atoms with Crippen molar-refractivity contribution in [1.82, 2.24) is 4.98 Å². The molecule has 0 radical (unpaired) electrons. The molecule has 0 spiro atoms. The molecule has 1 aromatic heterocycles. The van der Waals surface area contributed by atoms with Gasteiger partial charge >= 0.3 is 5.91 Å². The van der Waals surface area contributed by atoms with Crippen LogP contribution in [0.15, 0.2) is 72.3 Å². The largest absolute Gasteiger partial charge is 0.507 e. The molecule has 1 fully saturated rings. The summed E-state index contributed by atoms with van der Waals surface area (Å²) in [5, 5.41) is 12.1. The van der Waals surface area contributed by atoms with Crippen molar-refractivity contribution >= 4 is 44.1 Å². The Morgan fingerprint density at radius 1 is 0.975 bits per heavy atom. The van der Waals surface area contributed by atoms with Gasteiger partial charge in [0.2, 0.25) is 0 Å². The Balaban J connectivity index is 1.72. The number of amides is 1. The number of carbonyl (C=O) groups excluding carboxylic acids is 2. The average Bonchev–Trinajstić information content (AvgIpc) is 3.47. The fraction of sp³-hybridized carbons (Fsp3) is 0.281. The molecule has 1 aliphatic heterocycles. The third-order valence-electron chi connectivity index (χ3n) is 6.84. The van der Waals surface area contributed by atoms with E-state index in [9.17, 15) is 14.7 Å². The smallest absolute Gasteiger partial charge is 0.301 e. The number of carbonyl (C=O) groups is 2. The highest BCUT2D eigenvalue weighted by molar-refractivity contribution is 7.22. The van der Waals surface area contributed by atoms with E-state index in [0.29, 0.717) is 41.0 Å². The monoisotopic (exact) mass is 556 g/mol. The number of nitrogens with zero attached hydrogens (tertiary/aromatic N) is 2. The molecular weight excluding hydrogens is 524 g/mol. The van der Waals surface area contributed by atoms with Crippen molar-refractivity contribution in [2.45, 2.75) is 46.1 Å². The number of aliphatic hydroxyl groups is 1. The number of anilines is 1. The van der Waals surface area contributed by atoms with Crippen LogP contribution in [0.4, 0.5) is 5.13 Å². The van der Waals surface area contributed by atoms with Crippen LogP contribution < -0.4 is 14.4 Å². The maximum absolute atomic E-state index is 13.7. The summed E-state index contributed by atoms with van der Waals surface area (Å²) < 4.78 is 12.3. The van der Waals surface area contributed by atoms with Gasteiger partial charge in [0.05, 0.1) is 40.6 Å². The fourth-order valence-corrected chi connectivity index (χ4v) is 5.84. The Labute approximate surface area is 237 Å². The SMILES string of the molecule is CCOc1ccc(/C(O)=C2\C(=O)C(=O)N(c3nc4ccccc4s3)C2c2ccc(C(C)(C)C)cc2)c(OCC)c1. The molecule has 1 N–H and O–H groups in total. The maximum Gasteiger partial charge on any atom is 0.301 e. The summed E-state index contributed by atoms with van der Waals surface area (Å²) in [4.78, 5) is 33.4. The number of ether oxygens (including phenoxy) is 2. The fourth-order valence-electron chi connectivity index (χ4n) is 4.85. The van der Waals surface area contributed by atoms with Gasteiger partial charge in [0.25, 0.3) is 5.78 Å². The summed E-state index contributed by atoms with van der Waals surface area (Å²) in [6.45, 7) is 10.9. The van der Waals surface area contributed by atoms with Crippen molar-refractivity contribution in [3.05, 3.63) is 89.0 Å². The number of aliphatic hydroxyl groups excluding tert-OH is 1. The van der Waals surface area contributed by atoms with Crippen molar-refractivity contribution in [3.63, 3.8) is 0 Å². The molecule has 206 valence electrons. The zero-order chi connectivity index (χ0) is 28.6. The van der Waals surface area contributed by atoms with Crippen LogP contribution in [-0.4, -0.2) is 35.0 Å². The van der Waals surface area contributed by atoms with Crippen LogP contribution >= 0.6 is 11.3 Å². The number of ketones is 1. The summed E-state index contributed by atoms with van der Waals surface area (Å²) in [5.41, 5.74) is 2.75. The number of hydrogen-bond donors (Lipinski definition) is 1. The minimum Gasteiger partial charge on any atom is -0.507 e. The first kappa shape index (κ1) is 27.4. The van der Waals surface area contributed by atoms with Crippen molar-refractivity contribution in [3.8, 4) is 11.5 Å². The topological polar surface area (TPSA) is 89.0 Å². The molecule has 8 heteroatoms. The second kappa shape index (κ2) is 10.8. The average molecular weight is 557 g/mol. The molecule has 1 atom stereocenters. The Hall–Kier alpha value is -4.17. The van der Waals surface area contributed by atoms with Gasteiger partial charge in [-0.2, -0.15) is 0 Å². The molecule has 3 aromatic carbocycles. The number of rotatable bonds is 7. The quantitative estimate of drug-likeness (QED) is 0.150. The molecular formula is C32H32N2O5S. The van der Waals surface area contributed by atoms with Gasteiger partial charge in [-0.1, -0.05) is 68.5 Å². The first-order chi connectivity index (χ1) is 19.1. The van der Waals surface area contributed by atoms with Crippen LogP contribution in [0.25, 0.3) is 16.0 Å². The second-order valence-corrected chi connectivity index (χ2v) is 11.5. The molecule has 0 bridgehead atoms. The highest BCUT2D eigenvalue weighted by Crippen LogP contribution is 2.45. The van der Waals surface area contributed by atoms with E-state index in [1.54, 1.807) is 18.2 Å². The van der Waals surface area contributed by atoms with Crippen LogP contribution in [-0.2, 0) is 15.0 Å². The van der Waals surface area contributed by atoms with E-state index in [4.69, 9.17) is 9.47 Å². The van der Waals surface area contributed by atoms with Gasteiger partial charge in [0, 0.05) is 6.07 Å². The number of Topliss-reactive ketones (excluding diaryl/α,β-unsaturated/α-hetero) is 1. The van der Waals surface area contributed by atoms with Crippen molar-refractivity contribution in [2.75, 3.05) is 18.1 Å². The van der Waals surface area contributed by atoms with Gasteiger partial charge in [-0.25, -0.2) is 4.98 Å². The first-order valence-electron chi connectivity index (χ1n) is 13.3. The number of benzene rings is 3. The molecule has 1 aliphatic rings. The molecule has 7 nitrogen and oxygen atoms in total. The Kier molecular flexibility index (Phi) is 7.38. The summed E-state index contributed by atoms with van der Waals surface area (Å²) in [7, 11) is 0. The van der Waals surface area contributed by atoms with Crippen LogP contribution in [0.2, 0.25) is 0 Å². The lowest BCUT2D eigenvalue weighted by molar-refractivity contribution is -0.132. The highest BCUT2D eigenvalue weighted by Gasteiger charge is 2.48. The van der Waals surface area contributed by atoms with Crippen LogP contribution in [0, 0.1) is 0 Å². The molecule has 5 rings (SSSR count). The van der Waals surface area contributed by atoms with Crippen LogP contribution in [0.5, 0.6) is 11.5 Å². The lowest BCUT2D eigenvalue weighted by Gasteiger charge is -2.25. The van der Waals surface area contributed by atoms with E-state index in [0.717, 1.165) is 15.8 Å². The predicted molar refractivity (Wildman–Crippen MR) is 158 cm³/mol. The zero-order valence-corrected chi connectivity index (χ0v) is 24.0. The molecule has 1 saturated heterocycles. The molecule has 0 aliphatic carbocycles. The van der Waals surface area contributed by atoms with Crippen molar-refractivity contribution in [1.29, 1.82) is 0 Å². The predicted octanol–water partition coefficient (Wildman–Crippen LogP) is 7.02. The molecule has 1 unspecified atom stereocenters. The van der Waals surface area contributed by atoms with Gasteiger partial charge in [-0.15, -0.1) is 0 Å². The van der Waals surface area contributed by atoms with E-state index < -0.39 is 17.7 Å². The maximum atomic E-state index is 13.7. The Morgan fingerprint density at radius 2 is 1.68 bits per heavy atom. The number of fused-ring (bicyclic) bond motifs is 1. The van der Waals surface area contributed by atoms with Crippen LogP contribution in [0.1, 0.15) is 57.4 Å². The Morgan fingerprint density at radius 3 is 2.33 bits per heavy atom. The Bertz CT molecular complexity index is 1580. The summed E-state index contributed by atoms with van der Waals surface area (Å²) in [6, 6.07) is 19.5. The second-order valence-electron chi connectivity index (χ2n) is 10.5. The standard InChI is InChI=1S/C32H32N2O5S/c1-6-38-21-16-17-22(24(18-21)39-7-2)28(35)26-27(19-12-14-20(15-13-19)32(3,4)5)34(30(37)29(26)36)31-33-23-10-8-9-11-25(23)40-31/h8-18,27,35H,6-7H2,1-5H3/b28-26+. The third kappa shape index (κ3) is 4.95. The molecule has 1 amide bonds. The van der Waals surface area contributed by atoms with Gasteiger partial charge < -0.3 is 14.6 Å². The molecule has 4 aromatic rings. The zero-order valence-electron chi connectivity index (χ0n) is 23.2. The summed E-state index contributed by atoms with van der Waals surface area (Å²) in [6.07, 6.45) is 0. The minimum atomic E-state index is -0.879. The first-order valence-corrected chi connectivity index (χ1v) is 14.1. The van der Waals surface area contributed by atoms with E-state index in [2.05, 4.69) is 25.8 Å². The van der Waals surface area contributed by atoms with Crippen molar-refractivity contribution < 1.29 is 24.2 Å². The number of hydrogen-bond acceptors (Lipinski definition) is 7. The van der Waals surface area contributed by atoms with E-state index >= 15 is 0 Å². The summed E-state index contributed by atoms with van der Waals surface area (Å²) in [5.74, 6) is -0.892. The molecule has 40 heavy (non-hydrogen) atoms. The van der Waals surface area contributed by atoms with Gasteiger partial charge in [0.1, 0.15) is 17.3 Å².